The van der Waals surface area contributed by atoms with Crippen LogP contribution in [-0.4, -0.2) is 27.2 Å². The van der Waals surface area contributed by atoms with E-state index in [0.717, 1.165) is 31.1 Å². The summed E-state index contributed by atoms with van der Waals surface area (Å²) in [5, 5.41) is 3.38. The van der Waals surface area contributed by atoms with E-state index in [1.165, 1.54) is 18.4 Å². The second-order valence-corrected chi connectivity index (χ2v) is 5.06. The van der Waals surface area contributed by atoms with Crippen LogP contribution < -0.4 is 10.2 Å². The Kier molecular flexibility index (Phi) is 4.00. The fourth-order valence-corrected chi connectivity index (χ4v) is 2.52. The molecule has 1 aliphatic heterocycles. The highest BCUT2D eigenvalue weighted by atomic mass is 19.1. The van der Waals surface area contributed by atoms with Crippen molar-refractivity contribution in [3.8, 4) is 0 Å². The Morgan fingerprint density at radius 3 is 2.65 bits per heavy atom. The van der Waals surface area contributed by atoms with E-state index in [1.54, 1.807) is 12.1 Å². The molecule has 1 saturated heterocycles. The van der Waals surface area contributed by atoms with Crippen molar-refractivity contribution >= 4 is 5.69 Å². The highest BCUT2D eigenvalue weighted by Gasteiger charge is 2.16. The molecule has 0 unspecified atom stereocenters. The molecule has 94 valence electrons. The van der Waals surface area contributed by atoms with Crippen LogP contribution >= 0.6 is 0 Å². The fraction of sp³-hybridized carbons (Fsp3) is 0.571. The third-order valence-corrected chi connectivity index (χ3v) is 3.50. The van der Waals surface area contributed by atoms with E-state index < -0.39 is 0 Å². The Hall–Kier alpha value is -1.09. The molecular formula is C14H21FN2. The molecule has 17 heavy (non-hydrogen) atoms. The Bertz CT molecular complexity index is 370. The molecule has 0 aromatic heterocycles. The molecule has 1 aliphatic rings. The Balaban J connectivity index is 2.13. The van der Waals surface area contributed by atoms with Crippen LogP contribution in [0, 0.1) is 11.7 Å². The van der Waals surface area contributed by atoms with Gasteiger partial charge in [-0.05, 0) is 56.0 Å². The summed E-state index contributed by atoms with van der Waals surface area (Å²) in [5.41, 5.74) is 2.28. The summed E-state index contributed by atoms with van der Waals surface area (Å²) >= 11 is 0. The summed E-state index contributed by atoms with van der Waals surface area (Å²) in [4.78, 5) is 2.00. The standard InChI is InChI=1S/C14H21FN2/c1-17(2)14-10-13(15)4-3-12(14)9-11-5-7-16-8-6-11/h3-4,10-11,16H,5-9H2,1-2H3. The molecule has 0 atom stereocenters. The minimum Gasteiger partial charge on any atom is -0.377 e. The van der Waals surface area contributed by atoms with Gasteiger partial charge < -0.3 is 10.2 Å². The number of benzene rings is 1. The van der Waals surface area contributed by atoms with Crippen molar-refractivity contribution < 1.29 is 4.39 Å². The maximum atomic E-state index is 13.2. The second kappa shape index (κ2) is 5.50. The zero-order valence-electron chi connectivity index (χ0n) is 10.7. The summed E-state index contributed by atoms with van der Waals surface area (Å²) in [6.07, 6.45) is 3.52. The van der Waals surface area contributed by atoms with E-state index in [4.69, 9.17) is 0 Å². The molecule has 1 N–H and O–H groups in total. The predicted octanol–water partition coefficient (Wildman–Crippen LogP) is 2.43. The van der Waals surface area contributed by atoms with Crippen molar-refractivity contribution in [2.24, 2.45) is 5.92 Å². The molecule has 1 aromatic carbocycles. The van der Waals surface area contributed by atoms with Crippen molar-refractivity contribution in [1.82, 2.24) is 5.32 Å². The van der Waals surface area contributed by atoms with Crippen molar-refractivity contribution in [3.05, 3.63) is 29.6 Å². The molecule has 3 heteroatoms. The molecule has 0 amide bonds. The molecule has 0 aliphatic carbocycles. The van der Waals surface area contributed by atoms with Crippen molar-refractivity contribution in [2.75, 3.05) is 32.1 Å². The zero-order chi connectivity index (χ0) is 12.3. The number of nitrogens with one attached hydrogen (secondary N) is 1. The minimum absolute atomic E-state index is 0.150. The highest BCUT2D eigenvalue weighted by Crippen LogP contribution is 2.26. The molecule has 0 saturated carbocycles. The third-order valence-electron chi connectivity index (χ3n) is 3.50. The van der Waals surface area contributed by atoms with E-state index in [0.29, 0.717) is 0 Å². The van der Waals surface area contributed by atoms with Gasteiger partial charge in [-0.25, -0.2) is 4.39 Å². The normalized spacial score (nSPS) is 17.1. The first-order valence-corrected chi connectivity index (χ1v) is 6.33. The van der Waals surface area contributed by atoms with Gasteiger partial charge in [0.2, 0.25) is 0 Å². The number of anilines is 1. The van der Waals surface area contributed by atoms with Crippen molar-refractivity contribution in [3.63, 3.8) is 0 Å². The quantitative estimate of drug-likeness (QED) is 0.867. The first kappa shape index (κ1) is 12.4. The van der Waals surface area contributed by atoms with Gasteiger partial charge in [-0.15, -0.1) is 0 Å². The van der Waals surface area contributed by atoms with Crippen LogP contribution in [0.4, 0.5) is 10.1 Å². The van der Waals surface area contributed by atoms with Gasteiger partial charge in [0.15, 0.2) is 0 Å². The molecule has 2 rings (SSSR count). The number of hydrogen-bond acceptors (Lipinski definition) is 2. The molecule has 0 bridgehead atoms. The topological polar surface area (TPSA) is 15.3 Å². The van der Waals surface area contributed by atoms with Gasteiger partial charge in [-0.1, -0.05) is 6.07 Å². The number of rotatable bonds is 3. The molecule has 1 heterocycles. The summed E-state index contributed by atoms with van der Waals surface area (Å²) in [6, 6.07) is 5.15. The van der Waals surface area contributed by atoms with Crippen LogP contribution in [0.15, 0.2) is 18.2 Å². The molecule has 1 fully saturated rings. The lowest BCUT2D eigenvalue weighted by Crippen LogP contribution is -2.29. The van der Waals surface area contributed by atoms with Crippen LogP contribution in [0.5, 0.6) is 0 Å². The third kappa shape index (κ3) is 3.19. The van der Waals surface area contributed by atoms with E-state index in [9.17, 15) is 4.39 Å². The van der Waals surface area contributed by atoms with Crippen LogP contribution in [0.3, 0.4) is 0 Å². The predicted molar refractivity (Wildman–Crippen MR) is 70.0 cm³/mol. The number of hydrogen-bond donors (Lipinski definition) is 1. The van der Waals surface area contributed by atoms with Gasteiger partial charge >= 0.3 is 0 Å². The Morgan fingerprint density at radius 2 is 2.00 bits per heavy atom. The monoisotopic (exact) mass is 236 g/mol. The molecule has 1 aromatic rings. The van der Waals surface area contributed by atoms with Gasteiger partial charge in [0, 0.05) is 19.8 Å². The second-order valence-electron chi connectivity index (χ2n) is 5.06. The Labute approximate surface area is 103 Å². The van der Waals surface area contributed by atoms with E-state index in [1.807, 2.05) is 25.1 Å². The van der Waals surface area contributed by atoms with Gasteiger partial charge in [-0.2, -0.15) is 0 Å². The average molecular weight is 236 g/mol. The van der Waals surface area contributed by atoms with Gasteiger partial charge in [0.25, 0.3) is 0 Å². The van der Waals surface area contributed by atoms with Crippen LogP contribution in [-0.2, 0) is 6.42 Å². The van der Waals surface area contributed by atoms with Crippen molar-refractivity contribution in [2.45, 2.75) is 19.3 Å². The smallest absolute Gasteiger partial charge is 0.125 e. The van der Waals surface area contributed by atoms with Gasteiger partial charge in [0.05, 0.1) is 0 Å². The zero-order valence-corrected chi connectivity index (χ0v) is 10.7. The van der Waals surface area contributed by atoms with Crippen molar-refractivity contribution in [1.29, 1.82) is 0 Å². The Morgan fingerprint density at radius 1 is 1.29 bits per heavy atom. The summed E-state index contributed by atoms with van der Waals surface area (Å²) in [5.74, 6) is 0.586. The van der Waals surface area contributed by atoms with E-state index in [-0.39, 0.29) is 5.82 Å². The van der Waals surface area contributed by atoms with E-state index >= 15 is 0 Å². The van der Waals surface area contributed by atoms with Crippen LogP contribution in [0.2, 0.25) is 0 Å². The SMILES string of the molecule is CN(C)c1cc(F)ccc1CC1CCNCC1. The molecular weight excluding hydrogens is 215 g/mol. The van der Waals surface area contributed by atoms with Crippen LogP contribution in [0.25, 0.3) is 0 Å². The highest BCUT2D eigenvalue weighted by molar-refractivity contribution is 5.53. The largest absolute Gasteiger partial charge is 0.377 e. The maximum Gasteiger partial charge on any atom is 0.125 e. The number of nitrogens with zero attached hydrogens (tertiary/aromatic N) is 1. The molecule has 0 radical (unpaired) electrons. The minimum atomic E-state index is -0.150. The van der Waals surface area contributed by atoms with Gasteiger partial charge in [-0.3, -0.25) is 0 Å². The molecule has 2 nitrogen and oxygen atoms in total. The first-order chi connectivity index (χ1) is 8.16. The van der Waals surface area contributed by atoms with Crippen LogP contribution in [0.1, 0.15) is 18.4 Å². The first-order valence-electron chi connectivity index (χ1n) is 6.33. The molecule has 0 spiro atoms. The van der Waals surface area contributed by atoms with E-state index in [2.05, 4.69) is 5.32 Å². The maximum absolute atomic E-state index is 13.2. The summed E-state index contributed by atoms with van der Waals surface area (Å²) < 4.78 is 13.2. The fourth-order valence-electron chi connectivity index (χ4n) is 2.52. The lowest BCUT2D eigenvalue weighted by Gasteiger charge is -2.25. The lowest BCUT2D eigenvalue weighted by molar-refractivity contribution is 0.372. The summed E-state index contributed by atoms with van der Waals surface area (Å²) in [7, 11) is 3.95. The number of halogens is 1. The lowest BCUT2D eigenvalue weighted by atomic mass is 9.90. The van der Waals surface area contributed by atoms with Gasteiger partial charge in [0.1, 0.15) is 5.82 Å². The average Bonchev–Trinajstić information content (AvgIpc) is 2.32. The summed E-state index contributed by atoms with van der Waals surface area (Å²) in [6.45, 7) is 2.23. The number of piperidine rings is 1.